The first-order chi connectivity index (χ1) is 14.2. The molecule has 0 saturated heterocycles. The van der Waals surface area contributed by atoms with Crippen molar-refractivity contribution in [3.05, 3.63) is 77.7 Å². The molecule has 6 nitrogen and oxygen atoms in total. The van der Waals surface area contributed by atoms with E-state index in [0.717, 1.165) is 16.7 Å². The molecule has 1 heterocycles. The lowest BCUT2D eigenvalue weighted by atomic mass is 9.98. The van der Waals surface area contributed by atoms with E-state index < -0.39 is 17.5 Å². The molecule has 0 radical (unpaired) electrons. The van der Waals surface area contributed by atoms with E-state index in [4.69, 9.17) is 9.84 Å². The Bertz CT molecular complexity index is 1000. The Balaban J connectivity index is 1.86. The van der Waals surface area contributed by atoms with E-state index in [9.17, 15) is 9.59 Å². The number of aromatic amines is 1. The maximum atomic E-state index is 12.9. The average molecular weight is 406 g/mol. The molecule has 1 unspecified atom stereocenters. The first-order valence-electron chi connectivity index (χ1n) is 9.84. The molecular formula is C24H26N2O4. The molecule has 1 aromatic heterocycles. The number of carboxylic acids is 1. The number of benzene rings is 2. The standard InChI is InChI=1S/C24H26N2O4/c1-24(2,3)30-23(29)19(13-16-7-5-4-6-8-16)22-25-15-20(26-22)18-11-9-17(10-12-18)14-21(27)28/h4-12,15,19H,13-14H2,1-3H3,(H,25,26)(H,27,28). The lowest BCUT2D eigenvalue weighted by molar-refractivity contribution is -0.157. The number of aliphatic carboxylic acids is 1. The smallest absolute Gasteiger partial charge is 0.317 e. The van der Waals surface area contributed by atoms with Gasteiger partial charge in [0.15, 0.2) is 0 Å². The van der Waals surface area contributed by atoms with E-state index in [2.05, 4.69) is 9.97 Å². The first-order valence-corrected chi connectivity index (χ1v) is 9.84. The second-order valence-corrected chi connectivity index (χ2v) is 8.21. The van der Waals surface area contributed by atoms with Gasteiger partial charge in [0.05, 0.1) is 12.1 Å². The monoisotopic (exact) mass is 406 g/mol. The Morgan fingerprint density at radius 2 is 1.70 bits per heavy atom. The quantitative estimate of drug-likeness (QED) is 0.569. The number of imidazole rings is 1. The van der Waals surface area contributed by atoms with Crippen LogP contribution in [-0.2, 0) is 27.2 Å². The van der Waals surface area contributed by atoms with Gasteiger partial charge in [0.25, 0.3) is 0 Å². The highest BCUT2D eigenvalue weighted by atomic mass is 16.6. The molecule has 156 valence electrons. The number of hydrogen-bond acceptors (Lipinski definition) is 4. The topological polar surface area (TPSA) is 92.3 Å². The molecule has 0 aliphatic rings. The largest absolute Gasteiger partial charge is 0.481 e. The van der Waals surface area contributed by atoms with Gasteiger partial charge < -0.3 is 14.8 Å². The number of ether oxygens (including phenoxy) is 1. The third-order valence-corrected chi connectivity index (χ3v) is 4.51. The molecule has 0 bridgehead atoms. The zero-order chi connectivity index (χ0) is 21.7. The van der Waals surface area contributed by atoms with Crippen LogP contribution in [0.15, 0.2) is 60.8 Å². The molecule has 2 aromatic carbocycles. The van der Waals surface area contributed by atoms with Crippen LogP contribution in [0.4, 0.5) is 0 Å². The SMILES string of the molecule is CC(C)(C)OC(=O)C(Cc1ccccc1)c1nc(-c2ccc(CC(=O)O)cc2)c[nH]1. The van der Waals surface area contributed by atoms with E-state index in [0.29, 0.717) is 17.9 Å². The van der Waals surface area contributed by atoms with Gasteiger partial charge in [0, 0.05) is 11.8 Å². The highest BCUT2D eigenvalue weighted by Crippen LogP contribution is 2.26. The molecule has 0 aliphatic heterocycles. The number of H-pyrrole nitrogens is 1. The summed E-state index contributed by atoms with van der Waals surface area (Å²) >= 11 is 0. The minimum absolute atomic E-state index is 0.0239. The number of hydrogen-bond donors (Lipinski definition) is 2. The van der Waals surface area contributed by atoms with Crippen molar-refractivity contribution in [3.8, 4) is 11.3 Å². The van der Waals surface area contributed by atoms with Gasteiger partial charge >= 0.3 is 11.9 Å². The minimum atomic E-state index is -0.870. The summed E-state index contributed by atoms with van der Waals surface area (Å²) in [5, 5.41) is 8.91. The predicted molar refractivity (Wildman–Crippen MR) is 114 cm³/mol. The average Bonchev–Trinajstić information content (AvgIpc) is 3.15. The van der Waals surface area contributed by atoms with E-state index in [-0.39, 0.29) is 12.4 Å². The van der Waals surface area contributed by atoms with Crippen molar-refractivity contribution in [1.29, 1.82) is 0 Å². The second-order valence-electron chi connectivity index (χ2n) is 8.21. The lowest BCUT2D eigenvalue weighted by Crippen LogP contribution is -2.29. The molecular weight excluding hydrogens is 380 g/mol. The number of nitrogens with one attached hydrogen (secondary N) is 1. The summed E-state index contributed by atoms with van der Waals surface area (Å²) in [4.78, 5) is 31.6. The highest BCUT2D eigenvalue weighted by Gasteiger charge is 2.29. The summed E-state index contributed by atoms with van der Waals surface area (Å²) in [5.74, 6) is -1.22. The normalized spacial score (nSPS) is 12.4. The number of aromatic nitrogens is 2. The Morgan fingerprint density at radius 1 is 1.03 bits per heavy atom. The number of carbonyl (C=O) groups is 2. The number of esters is 1. The maximum Gasteiger partial charge on any atom is 0.317 e. The van der Waals surface area contributed by atoms with Gasteiger partial charge in [0.1, 0.15) is 17.3 Å². The van der Waals surface area contributed by atoms with Gasteiger partial charge in [-0.15, -0.1) is 0 Å². The molecule has 0 fully saturated rings. The van der Waals surface area contributed by atoms with Crippen molar-refractivity contribution in [2.45, 2.75) is 45.1 Å². The van der Waals surface area contributed by atoms with Crippen LogP contribution in [-0.4, -0.2) is 32.6 Å². The third kappa shape index (κ3) is 5.80. The van der Waals surface area contributed by atoms with E-state index in [1.807, 2.05) is 63.2 Å². The molecule has 30 heavy (non-hydrogen) atoms. The minimum Gasteiger partial charge on any atom is -0.481 e. The van der Waals surface area contributed by atoms with Gasteiger partial charge in [-0.1, -0.05) is 54.6 Å². The van der Waals surface area contributed by atoms with E-state index >= 15 is 0 Å². The molecule has 0 spiro atoms. The Labute approximate surface area is 175 Å². The molecule has 1 atom stereocenters. The van der Waals surface area contributed by atoms with Crippen molar-refractivity contribution in [1.82, 2.24) is 9.97 Å². The molecule has 3 rings (SSSR count). The van der Waals surface area contributed by atoms with Gasteiger partial charge in [-0.05, 0) is 38.3 Å². The van der Waals surface area contributed by atoms with Crippen LogP contribution in [0.2, 0.25) is 0 Å². The van der Waals surface area contributed by atoms with Gasteiger partial charge in [0.2, 0.25) is 0 Å². The van der Waals surface area contributed by atoms with Crippen LogP contribution in [0.3, 0.4) is 0 Å². The zero-order valence-electron chi connectivity index (χ0n) is 17.4. The third-order valence-electron chi connectivity index (χ3n) is 4.51. The summed E-state index contributed by atoms with van der Waals surface area (Å²) < 4.78 is 5.64. The number of rotatable bonds is 7. The number of nitrogens with zero attached hydrogens (tertiary/aromatic N) is 1. The van der Waals surface area contributed by atoms with Crippen molar-refractivity contribution >= 4 is 11.9 Å². The van der Waals surface area contributed by atoms with Gasteiger partial charge in [-0.25, -0.2) is 4.98 Å². The van der Waals surface area contributed by atoms with Crippen LogP contribution in [0, 0.1) is 0 Å². The molecule has 2 N–H and O–H groups in total. The Morgan fingerprint density at radius 3 is 2.30 bits per heavy atom. The fraction of sp³-hybridized carbons (Fsp3) is 0.292. The highest BCUT2D eigenvalue weighted by molar-refractivity contribution is 5.78. The van der Waals surface area contributed by atoms with Crippen molar-refractivity contribution in [2.24, 2.45) is 0 Å². The second kappa shape index (κ2) is 8.95. The van der Waals surface area contributed by atoms with E-state index in [1.165, 1.54) is 0 Å². The fourth-order valence-electron chi connectivity index (χ4n) is 3.15. The van der Waals surface area contributed by atoms with Crippen LogP contribution in [0.25, 0.3) is 11.3 Å². The summed E-state index contributed by atoms with van der Waals surface area (Å²) in [7, 11) is 0. The first kappa shape index (κ1) is 21.3. The summed E-state index contributed by atoms with van der Waals surface area (Å²) in [5.41, 5.74) is 2.67. The molecule has 3 aromatic rings. The predicted octanol–water partition coefficient (Wildman–Crippen LogP) is 4.37. The fourth-order valence-corrected chi connectivity index (χ4v) is 3.15. The van der Waals surface area contributed by atoms with E-state index in [1.54, 1.807) is 18.3 Å². The van der Waals surface area contributed by atoms with Gasteiger partial charge in [-0.2, -0.15) is 0 Å². The van der Waals surface area contributed by atoms with Crippen LogP contribution >= 0.6 is 0 Å². The number of carbonyl (C=O) groups excluding carboxylic acids is 1. The zero-order valence-corrected chi connectivity index (χ0v) is 17.4. The van der Waals surface area contributed by atoms with Crippen LogP contribution < -0.4 is 0 Å². The molecule has 0 aliphatic carbocycles. The van der Waals surface area contributed by atoms with Crippen LogP contribution in [0.5, 0.6) is 0 Å². The summed E-state index contributed by atoms with van der Waals surface area (Å²) in [6.07, 6.45) is 2.20. The van der Waals surface area contributed by atoms with Crippen molar-refractivity contribution in [2.75, 3.05) is 0 Å². The molecule has 6 heteroatoms. The van der Waals surface area contributed by atoms with Gasteiger partial charge in [-0.3, -0.25) is 9.59 Å². The molecule has 0 amide bonds. The van der Waals surface area contributed by atoms with Crippen molar-refractivity contribution < 1.29 is 19.4 Å². The van der Waals surface area contributed by atoms with Crippen molar-refractivity contribution in [3.63, 3.8) is 0 Å². The molecule has 0 saturated carbocycles. The Kier molecular flexibility index (Phi) is 6.35. The summed E-state index contributed by atoms with van der Waals surface area (Å²) in [6, 6.07) is 17.0. The lowest BCUT2D eigenvalue weighted by Gasteiger charge is -2.23. The Hall–Kier alpha value is -3.41. The van der Waals surface area contributed by atoms with Crippen LogP contribution in [0.1, 0.15) is 43.6 Å². The summed E-state index contributed by atoms with van der Waals surface area (Å²) in [6.45, 7) is 5.53. The maximum absolute atomic E-state index is 12.9. The number of carboxylic acid groups (broad SMARTS) is 1.